The van der Waals surface area contributed by atoms with E-state index < -0.39 is 10.0 Å². The average Bonchev–Trinajstić information content (AvgIpc) is 2.61. The first kappa shape index (κ1) is 18.8. The van der Waals surface area contributed by atoms with Gasteiger partial charge in [0.05, 0.1) is 12.8 Å². The van der Waals surface area contributed by atoms with Crippen LogP contribution in [-0.2, 0) is 16.6 Å². The van der Waals surface area contributed by atoms with Gasteiger partial charge in [-0.1, -0.05) is 30.3 Å². The van der Waals surface area contributed by atoms with E-state index in [0.29, 0.717) is 24.3 Å². The normalized spacial score (nSPS) is 21.5. The largest absolute Gasteiger partial charge is 0.489 e. The van der Waals surface area contributed by atoms with Crippen LogP contribution in [0.3, 0.4) is 0 Å². The van der Waals surface area contributed by atoms with E-state index in [-0.39, 0.29) is 30.9 Å². The predicted octanol–water partition coefficient (Wildman–Crippen LogP) is 2.48. The SMILES string of the molecule is CS(=O)(=O)N1C[C@@H](Oc2cccc(CN)c2)C[C@@H](c2ccccc2F)C1. The lowest BCUT2D eigenvalue weighted by atomic mass is 9.90. The highest BCUT2D eigenvalue weighted by atomic mass is 32.2. The summed E-state index contributed by atoms with van der Waals surface area (Å²) in [6.45, 7) is 0.897. The molecule has 0 amide bonds. The third-order valence-electron chi connectivity index (χ3n) is 4.63. The van der Waals surface area contributed by atoms with Gasteiger partial charge in [0.2, 0.25) is 10.0 Å². The van der Waals surface area contributed by atoms with Gasteiger partial charge < -0.3 is 10.5 Å². The van der Waals surface area contributed by atoms with E-state index in [0.717, 1.165) is 5.56 Å². The maximum absolute atomic E-state index is 14.2. The molecule has 3 rings (SSSR count). The number of hydrogen-bond acceptors (Lipinski definition) is 4. The van der Waals surface area contributed by atoms with Crippen molar-refractivity contribution >= 4 is 10.0 Å². The zero-order valence-electron chi connectivity index (χ0n) is 14.6. The Morgan fingerprint density at radius 3 is 2.65 bits per heavy atom. The standard InChI is InChI=1S/C19H23FN2O3S/c1-26(23,24)22-12-15(18-7-2-3-8-19(18)20)10-17(13-22)25-16-6-4-5-14(9-16)11-21/h2-9,15,17H,10-13,21H2,1H3/t15-,17+/m1/s1. The fourth-order valence-electron chi connectivity index (χ4n) is 3.34. The highest BCUT2D eigenvalue weighted by Gasteiger charge is 2.34. The van der Waals surface area contributed by atoms with Crippen LogP contribution in [0.4, 0.5) is 4.39 Å². The zero-order chi connectivity index (χ0) is 18.7. The Bertz CT molecular complexity index is 873. The molecule has 5 nitrogen and oxygen atoms in total. The molecule has 2 atom stereocenters. The molecule has 2 aromatic carbocycles. The Morgan fingerprint density at radius 1 is 1.19 bits per heavy atom. The van der Waals surface area contributed by atoms with Crippen molar-refractivity contribution in [2.24, 2.45) is 5.73 Å². The molecule has 1 fully saturated rings. The Balaban J connectivity index is 1.86. The Kier molecular flexibility index (Phi) is 5.60. The third kappa shape index (κ3) is 4.41. The van der Waals surface area contributed by atoms with Crippen LogP contribution in [0.15, 0.2) is 48.5 Å². The molecule has 140 valence electrons. The summed E-state index contributed by atoms with van der Waals surface area (Å²) in [6, 6.07) is 13.9. The van der Waals surface area contributed by atoms with Gasteiger partial charge in [-0.15, -0.1) is 0 Å². The minimum absolute atomic E-state index is 0.247. The fourth-order valence-corrected chi connectivity index (χ4v) is 4.23. The van der Waals surface area contributed by atoms with Crippen molar-refractivity contribution in [1.82, 2.24) is 4.31 Å². The molecule has 0 bridgehead atoms. The van der Waals surface area contributed by atoms with Gasteiger partial charge in [-0.25, -0.2) is 12.8 Å². The second-order valence-corrected chi connectivity index (χ2v) is 8.61. The zero-order valence-corrected chi connectivity index (χ0v) is 15.5. The van der Waals surface area contributed by atoms with Crippen LogP contribution in [0.25, 0.3) is 0 Å². The summed E-state index contributed by atoms with van der Waals surface area (Å²) >= 11 is 0. The number of ether oxygens (including phenoxy) is 1. The number of halogens is 1. The lowest BCUT2D eigenvalue weighted by Crippen LogP contribution is -2.47. The predicted molar refractivity (Wildman–Crippen MR) is 98.9 cm³/mol. The van der Waals surface area contributed by atoms with E-state index in [1.54, 1.807) is 18.2 Å². The van der Waals surface area contributed by atoms with Crippen molar-refractivity contribution in [1.29, 1.82) is 0 Å². The minimum atomic E-state index is -3.41. The molecular weight excluding hydrogens is 355 g/mol. The molecule has 0 spiro atoms. The molecule has 0 aliphatic carbocycles. The van der Waals surface area contributed by atoms with Crippen LogP contribution in [0.5, 0.6) is 5.75 Å². The van der Waals surface area contributed by atoms with E-state index in [4.69, 9.17) is 10.5 Å². The Morgan fingerprint density at radius 2 is 1.96 bits per heavy atom. The van der Waals surface area contributed by atoms with E-state index in [2.05, 4.69) is 0 Å². The summed E-state index contributed by atoms with van der Waals surface area (Å²) in [4.78, 5) is 0. The molecule has 7 heteroatoms. The van der Waals surface area contributed by atoms with Crippen molar-refractivity contribution in [2.75, 3.05) is 19.3 Å². The molecule has 1 heterocycles. The van der Waals surface area contributed by atoms with Crippen LogP contribution >= 0.6 is 0 Å². The summed E-state index contributed by atoms with van der Waals surface area (Å²) in [5.41, 5.74) is 7.11. The molecule has 1 aliphatic rings. The first-order chi connectivity index (χ1) is 12.4. The van der Waals surface area contributed by atoms with Crippen molar-refractivity contribution in [2.45, 2.75) is 25.0 Å². The van der Waals surface area contributed by atoms with Crippen LogP contribution in [0.1, 0.15) is 23.5 Å². The van der Waals surface area contributed by atoms with Gasteiger partial charge in [-0.2, -0.15) is 4.31 Å². The lowest BCUT2D eigenvalue weighted by Gasteiger charge is -2.36. The van der Waals surface area contributed by atoms with E-state index in [1.165, 1.54) is 16.6 Å². The fraction of sp³-hybridized carbons (Fsp3) is 0.368. The van der Waals surface area contributed by atoms with E-state index >= 15 is 0 Å². The van der Waals surface area contributed by atoms with Gasteiger partial charge in [0.25, 0.3) is 0 Å². The maximum Gasteiger partial charge on any atom is 0.211 e. The molecule has 1 saturated heterocycles. The van der Waals surface area contributed by atoms with Gasteiger partial charge in [0.15, 0.2) is 0 Å². The highest BCUT2D eigenvalue weighted by Crippen LogP contribution is 2.32. The number of sulfonamides is 1. The summed E-state index contributed by atoms with van der Waals surface area (Å²) in [5, 5.41) is 0. The quantitative estimate of drug-likeness (QED) is 0.868. The van der Waals surface area contributed by atoms with Crippen LogP contribution in [-0.4, -0.2) is 38.2 Å². The van der Waals surface area contributed by atoms with Crippen molar-refractivity contribution in [3.63, 3.8) is 0 Å². The molecule has 0 radical (unpaired) electrons. The first-order valence-electron chi connectivity index (χ1n) is 8.52. The molecule has 26 heavy (non-hydrogen) atoms. The highest BCUT2D eigenvalue weighted by molar-refractivity contribution is 7.88. The molecular formula is C19H23FN2O3S. The molecule has 0 saturated carbocycles. The van der Waals surface area contributed by atoms with Crippen LogP contribution in [0, 0.1) is 5.82 Å². The van der Waals surface area contributed by atoms with Crippen molar-refractivity contribution in [3.05, 3.63) is 65.5 Å². The number of nitrogens with two attached hydrogens (primary N) is 1. The topological polar surface area (TPSA) is 72.6 Å². The minimum Gasteiger partial charge on any atom is -0.489 e. The second kappa shape index (κ2) is 7.73. The molecule has 0 aromatic heterocycles. The summed E-state index contributed by atoms with van der Waals surface area (Å²) < 4.78 is 45.8. The van der Waals surface area contributed by atoms with Crippen molar-refractivity contribution < 1.29 is 17.5 Å². The lowest BCUT2D eigenvalue weighted by molar-refractivity contribution is 0.116. The first-order valence-corrected chi connectivity index (χ1v) is 10.4. The smallest absolute Gasteiger partial charge is 0.211 e. The van der Waals surface area contributed by atoms with Crippen molar-refractivity contribution in [3.8, 4) is 5.75 Å². The number of piperidine rings is 1. The molecule has 1 aliphatic heterocycles. The van der Waals surface area contributed by atoms with Crippen LogP contribution < -0.4 is 10.5 Å². The monoisotopic (exact) mass is 378 g/mol. The average molecular weight is 378 g/mol. The molecule has 2 aromatic rings. The Labute approximate surface area is 153 Å². The maximum atomic E-state index is 14.2. The van der Waals surface area contributed by atoms with Gasteiger partial charge >= 0.3 is 0 Å². The van der Waals surface area contributed by atoms with E-state index in [9.17, 15) is 12.8 Å². The van der Waals surface area contributed by atoms with Gasteiger partial charge in [-0.05, 0) is 35.7 Å². The second-order valence-electron chi connectivity index (χ2n) is 6.63. The summed E-state index contributed by atoms with van der Waals surface area (Å²) in [5.74, 6) is 0.0553. The Hall–Kier alpha value is -1.96. The summed E-state index contributed by atoms with van der Waals surface area (Å²) in [7, 11) is -3.41. The van der Waals surface area contributed by atoms with Crippen LogP contribution in [0.2, 0.25) is 0 Å². The number of hydrogen-bond donors (Lipinski definition) is 1. The van der Waals surface area contributed by atoms with E-state index in [1.807, 2.05) is 24.3 Å². The number of rotatable bonds is 5. The molecule has 0 unspecified atom stereocenters. The number of nitrogens with zero attached hydrogens (tertiary/aromatic N) is 1. The van der Waals surface area contributed by atoms with Gasteiger partial charge in [-0.3, -0.25) is 0 Å². The molecule has 2 N–H and O–H groups in total. The van der Waals surface area contributed by atoms with Gasteiger partial charge in [0.1, 0.15) is 17.7 Å². The summed E-state index contributed by atoms with van der Waals surface area (Å²) in [6.07, 6.45) is 1.35. The third-order valence-corrected chi connectivity index (χ3v) is 5.87. The van der Waals surface area contributed by atoms with Gasteiger partial charge in [0, 0.05) is 19.0 Å². The number of benzene rings is 2.